The Balaban J connectivity index is 0.765. The zero-order chi connectivity index (χ0) is 63.3. The maximum absolute atomic E-state index is 7.51. The van der Waals surface area contributed by atoms with Gasteiger partial charge in [-0.2, -0.15) is 0 Å². The van der Waals surface area contributed by atoms with Gasteiger partial charge < -0.3 is 9.64 Å². The fourth-order valence-electron chi connectivity index (χ4n) is 17.6. The number of anilines is 3. The van der Waals surface area contributed by atoms with Gasteiger partial charge in [0.2, 0.25) is 0 Å². The van der Waals surface area contributed by atoms with Gasteiger partial charge >= 0.3 is 0 Å². The number of benzene rings is 14. The molecule has 0 spiro atoms. The molecule has 1 heterocycles. The minimum Gasteiger partial charge on any atom is -0.453 e. The summed E-state index contributed by atoms with van der Waals surface area (Å²) >= 11 is 0. The molecule has 448 valence electrons. The molecule has 14 aromatic rings. The lowest BCUT2D eigenvalue weighted by atomic mass is 9.79. The quantitative estimate of drug-likeness (QED) is 0.165. The van der Waals surface area contributed by atoms with Gasteiger partial charge in [-0.1, -0.05) is 256 Å². The van der Waals surface area contributed by atoms with E-state index in [-0.39, 0.29) is 21.7 Å². The van der Waals surface area contributed by atoms with Gasteiger partial charge in [0.1, 0.15) is 0 Å². The second-order valence-electron chi connectivity index (χ2n) is 29.1. The van der Waals surface area contributed by atoms with E-state index in [1.807, 2.05) is 0 Å². The first-order valence-electron chi connectivity index (χ1n) is 33.5. The minimum atomic E-state index is -0.244. The molecule has 4 aliphatic carbocycles. The van der Waals surface area contributed by atoms with Crippen molar-refractivity contribution >= 4 is 38.6 Å². The molecule has 0 bridgehead atoms. The average molecular weight is 1200 g/mol. The highest BCUT2D eigenvalue weighted by molar-refractivity contribution is 6.07. The van der Waals surface area contributed by atoms with Crippen molar-refractivity contribution in [2.24, 2.45) is 0 Å². The van der Waals surface area contributed by atoms with Crippen molar-refractivity contribution in [2.75, 3.05) is 4.90 Å². The summed E-state index contributed by atoms with van der Waals surface area (Å²) in [5.41, 5.74) is 35.6. The minimum absolute atomic E-state index is 0.131. The topological polar surface area (TPSA) is 12.5 Å². The third kappa shape index (κ3) is 7.66. The summed E-state index contributed by atoms with van der Waals surface area (Å²) in [6.07, 6.45) is 0. The van der Waals surface area contributed by atoms with Crippen LogP contribution in [0.25, 0.3) is 122 Å². The summed E-state index contributed by atoms with van der Waals surface area (Å²) in [7, 11) is 0. The van der Waals surface area contributed by atoms with Crippen molar-refractivity contribution in [3.8, 4) is 112 Å². The van der Waals surface area contributed by atoms with Gasteiger partial charge in [-0.25, -0.2) is 0 Å². The standard InChI is InChI=1S/C92H69NO/c1-89(2)74-40-34-57-28-18-20-30-64(57)86(74)72-52-78-70(50-80(72)89)66-38-32-59(46-76(66)91(78,5)6)61-36-42-82-84(48-61)94-85-49-62(37-43-83(85)93(82)88-68(55-24-14-10-15-25-55)44-63(54-22-12-9-13-23-54)45-69(88)56-26-16-11-17-27-56)60-33-39-67-71-51-81-73(53-79(71)92(7,8)77(67)47-60)87-65-31-21-19-29-58(65)35-41-75(87)90(81,3)4/h9-53H,1-8H3. The molecule has 0 atom stereocenters. The summed E-state index contributed by atoms with van der Waals surface area (Å²) in [6.45, 7) is 19.3. The SMILES string of the molecule is CC1(C)c2cc(-c3ccc4c(c3)Oc3cc(-c5ccc6c(c5)C(C)(C)c5cc7c(cc5-6)C(C)(C)c5ccc6ccccc6c5-7)ccc3N4c3c(-c4ccccc4)cc(-c4ccccc4)cc3-c3ccccc3)ccc2-c2cc3c(cc21)-c1c(ccc2ccccc12)C3(C)C. The van der Waals surface area contributed by atoms with Crippen LogP contribution in [0, 0.1) is 0 Å². The van der Waals surface area contributed by atoms with E-state index in [1.54, 1.807) is 0 Å². The number of nitrogens with zero attached hydrogens (tertiary/aromatic N) is 1. The number of hydrogen-bond donors (Lipinski definition) is 0. The summed E-state index contributed by atoms with van der Waals surface area (Å²) in [5.74, 6) is 1.60. The highest BCUT2D eigenvalue weighted by Crippen LogP contribution is 2.62. The Morgan fingerprint density at radius 3 is 1.03 bits per heavy atom. The predicted octanol–water partition coefficient (Wildman–Crippen LogP) is 25.1. The van der Waals surface area contributed by atoms with Crippen molar-refractivity contribution in [2.45, 2.75) is 77.0 Å². The van der Waals surface area contributed by atoms with Crippen LogP contribution >= 0.6 is 0 Å². The Bertz CT molecular complexity index is 5300. The molecule has 0 N–H and O–H groups in total. The van der Waals surface area contributed by atoms with Gasteiger partial charge in [-0.3, -0.25) is 0 Å². The van der Waals surface area contributed by atoms with Gasteiger partial charge in [0, 0.05) is 32.8 Å². The number of fused-ring (bicyclic) bond motifs is 18. The second-order valence-corrected chi connectivity index (χ2v) is 29.1. The molecule has 1 aliphatic heterocycles. The molecule has 0 saturated carbocycles. The molecular weight excluding hydrogens is 1140 g/mol. The Kier molecular flexibility index (Phi) is 11.3. The molecule has 0 saturated heterocycles. The van der Waals surface area contributed by atoms with E-state index in [9.17, 15) is 0 Å². The van der Waals surface area contributed by atoms with E-state index in [0.717, 1.165) is 78.6 Å². The normalized spacial score (nSPS) is 15.4. The second kappa shape index (κ2) is 19.4. The number of hydrogen-bond acceptors (Lipinski definition) is 2. The molecule has 0 aromatic heterocycles. The van der Waals surface area contributed by atoms with Crippen LogP contribution in [-0.2, 0) is 21.7 Å². The first kappa shape index (κ1) is 54.9. The smallest absolute Gasteiger partial charge is 0.152 e. The molecule has 5 aliphatic rings. The van der Waals surface area contributed by atoms with Gasteiger partial charge in [-0.15, -0.1) is 0 Å². The van der Waals surface area contributed by atoms with Crippen LogP contribution in [0.5, 0.6) is 11.5 Å². The molecule has 2 heteroatoms. The fraction of sp³-hybridized carbons (Fsp3) is 0.130. The summed E-state index contributed by atoms with van der Waals surface area (Å²) in [4.78, 5) is 2.50. The van der Waals surface area contributed by atoms with Gasteiger partial charge in [-0.05, 0) is 228 Å². The van der Waals surface area contributed by atoms with E-state index in [1.165, 1.54) is 116 Å². The molecule has 0 amide bonds. The molecule has 19 rings (SSSR count). The van der Waals surface area contributed by atoms with Gasteiger partial charge in [0.05, 0.1) is 17.1 Å². The molecule has 14 aromatic carbocycles. The van der Waals surface area contributed by atoms with Crippen molar-refractivity contribution in [3.63, 3.8) is 0 Å². The third-order valence-electron chi connectivity index (χ3n) is 22.6. The van der Waals surface area contributed by atoms with E-state index in [4.69, 9.17) is 4.74 Å². The van der Waals surface area contributed by atoms with Crippen molar-refractivity contribution in [1.82, 2.24) is 0 Å². The molecule has 0 fully saturated rings. The Morgan fingerprint density at radius 2 is 0.585 bits per heavy atom. The maximum atomic E-state index is 7.51. The summed E-state index contributed by atoms with van der Waals surface area (Å²) < 4.78 is 7.51. The van der Waals surface area contributed by atoms with E-state index < -0.39 is 0 Å². The van der Waals surface area contributed by atoms with Crippen molar-refractivity contribution in [1.29, 1.82) is 0 Å². The first-order chi connectivity index (χ1) is 45.6. The number of ether oxygens (including phenoxy) is 1. The zero-order valence-corrected chi connectivity index (χ0v) is 54.3. The van der Waals surface area contributed by atoms with Crippen molar-refractivity contribution < 1.29 is 4.74 Å². The van der Waals surface area contributed by atoms with Crippen LogP contribution in [0.15, 0.2) is 273 Å². The van der Waals surface area contributed by atoms with Gasteiger partial charge in [0.25, 0.3) is 0 Å². The van der Waals surface area contributed by atoms with Crippen LogP contribution in [0.2, 0.25) is 0 Å². The van der Waals surface area contributed by atoms with Crippen molar-refractivity contribution in [3.05, 3.63) is 317 Å². The predicted molar refractivity (Wildman–Crippen MR) is 394 cm³/mol. The Morgan fingerprint density at radius 1 is 0.234 bits per heavy atom. The zero-order valence-electron chi connectivity index (χ0n) is 54.3. The maximum Gasteiger partial charge on any atom is 0.152 e. The van der Waals surface area contributed by atoms with Crippen LogP contribution in [-0.4, -0.2) is 0 Å². The molecule has 2 nitrogen and oxygen atoms in total. The van der Waals surface area contributed by atoms with Gasteiger partial charge in [0.15, 0.2) is 11.5 Å². The lowest BCUT2D eigenvalue weighted by Crippen LogP contribution is -2.18. The molecular formula is C92H69NO. The fourth-order valence-corrected chi connectivity index (χ4v) is 17.6. The molecule has 94 heavy (non-hydrogen) atoms. The van der Waals surface area contributed by atoms with E-state index >= 15 is 0 Å². The van der Waals surface area contributed by atoms with E-state index in [2.05, 4.69) is 333 Å². The number of rotatable bonds is 6. The average Bonchev–Trinajstić information content (AvgIpc) is 1.51. The Labute approximate surface area is 551 Å². The Hall–Kier alpha value is -10.8. The molecule has 0 radical (unpaired) electrons. The lowest BCUT2D eigenvalue weighted by Gasteiger charge is -2.36. The van der Waals surface area contributed by atoms with Crippen LogP contribution < -0.4 is 9.64 Å². The summed E-state index contributed by atoms with van der Waals surface area (Å²) in [6, 6.07) is 103. The highest BCUT2D eigenvalue weighted by Gasteiger charge is 2.45. The van der Waals surface area contributed by atoms with E-state index in [0.29, 0.717) is 0 Å². The lowest BCUT2D eigenvalue weighted by molar-refractivity contribution is 0.477. The first-order valence-corrected chi connectivity index (χ1v) is 33.5. The highest BCUT2D eigenvalue weighted by atomic mass is 16.5. The molecule has 0 unspecified atom stereocenters. The van der Waals surface area contributed by atoms with Crippen LogP contribution in [0.1, 0.15) is 99.9 Å². The van der Waals surface area contributed by atoms with Crippen LogP contribution in [0.4, 0.5) is 17.1 Å². The largest absolute Gasteiger partial charge is 0.453 e. The monoisotopic (exact) mass is 1200 g/mol. The third-order valence-corrected chi connectivity index (χ3v) is 22.6. The summed E-state index contributed by atoms with van der Waals surface area (Å²) in [5, 5.41) is 5.24. The van der Waals surface area contributed by atoms with Crippen LogP contribution in [0.3, 0.4) is 0 Å².